The molecule has 1 saturated heterocycles. The molecular weight excluding hydrogens is 416 g/mol. The highest BCUT2D eigenvalue weighted by Gasteiger charge is 2.31. The Morgan fingerprint density at radius 2 is 1.71 bits per heavy atom. The van der Waals surface area contributed by atoms with E-state index in [2.05, 4.69) is 21.0 Å². The standard InChI is InChI=1S/C22H31ClN6O2/c1-25(20-21(30)26(2)22(31)27(3)24-20)17-7-9-18(10-8-17)28-11-13-29(14-12-28)19-6-4-5-16(23)15-19/h4-6,15,17-18H,7-14H2,1-3H3/t17-,18+. The molecular formula is C22H31ClN6O2. The Balaban J connectivity index is 1.33. The molecule has 2 aromatic rings. The summed E-state index contributed by atoms with van der Waals surface area (Å²) in [6.07, 6.45) is 4.25. The molecule has 1 saturated carbocycles. The maximum atomic E-state index is 12.5. The van der Waals surface area contributed by atoms with E-state index in [1.165, 1.54) is 17.4 Å². The highest BCUT2D eigenvalue weighted by Crippen LogP contribution is 2.29. The van der Waals surface area contributed by atoms with E-state index in [1.54, 1.807) is 7.05 Å². The van der Waals surface area contributed by atoms with E-state index >= 15 is 0 Å². The minimum Gasteiger partial charge on any atom is -0.369 e. The van der Waals surface area contributed by atoms with Crippen molar-refractivity contribution in [3.8, 4) is 0 Å². The van der Waals surface area contributed by atoms with E-state index in [0.29, 0.717) is 11.9 Å². The van der Waals surface area contributed by atoms with Gasteiger partial charge in [-0.25, -0.2) is 9.48 Å². The van der Waals surface area contributed by atoms with Crippen LogP contribution in [0.1, 0.15) is 25.7 Å². The maximum absolute atomic E-state index is 12.5. The number of nitrogens with zero attached hydrogens (tertiary/aromatic N) is 6. The van der Waals surface area contributed by atoms with Gasteiger partial charge in [-0.2, -0.15) is 0 Å². The van der Waals surface area contributed by atoms with E-state index in [9.17, 15) is 9.59 Å². The van der Waals surface area contributed by atoms with Gasteiger partial charge in [0, 0.05) is 70.1 Å². The Bertz CT molecular complexity index is 1040. The average molecular weight is 447 g/mol. The van der Waals surface area contributed by atoms with Gasteiger partial charge in [-0.15, -0.1) is 5.10 Å². The average Bonchev–Trinajstić information content (AvgIpc) is 2.80. The number of hydrogen-bond acceptors (Lipinski definition) is 6. The number of hydrogen-bond donors (Lipinski definition) is 0. The highest BCUT2D eigenvalue weighted by atomic mass is 35.5. The van der Waals surface area contributed by atoms with Gasteiger partial charge < -0.3 is 9.80 Å². The van der Waals surface area contributed by atoms with Crippen LogP contribution < -0.4 is 21.0 Å². The number of anilines is 2. The SMILES string of the molecule is Cn1nc(N(C)[C@H]2CC[C@@H](N3CCN(c4cccc(Cl)c4)CC3)CC2)c(=O)n(C)c1=O. The molecule has 2 aliphatic rings. The van der Waals surface area contributed by atoms with Gasteiger partial charge in [-0.1, -0.05) is 17.7 Å². The lowest BCUT2D eigenvalue weighted by molar-refractivity contribution is 0.141. The first-order valence-electron chi connectivity index (χ1n) is 11.0. The van der Waals surface area contributed by atoms with Crippen molar-refractivity contribution in [1.82, 2.24) is 19.2 Å². The zero-order valence-corrected chi connectivity index (χ0v) is 19.3. The van der Waals surface area contributed by atoms with E-state index in [1.807, 2.05) is 30.1 Å². The summed E-state index contributed by atoms with van der Waals surface area (Å²) in [4.78, 5) is 31.4. The second-order valence-corrected chi connectivity index (χ2v) is 9.11. The molecule has 4 rings (SSSR count). The van der Waals surface area contributed by atoms with Gasteiger partial charge in [-0.3, -0.25) is 14.3 Å². The third kappa shape index (κ3) is 4.50. The molecule has 1 aromatic heterocycles. The molecule has 0 spiro atoms. The predicted octanol–water partition coefficient (Wildman–Crippen LogP) is 1.70. The molecule has 8 nitrogen and oxygen atoms in total. The molecule has 0 N–H and O–H groups in total. The van der Waals surface area contributed by atoms with E-state index in [-0.39, 0.29) is 11.6 Å². The summed E-state index contributed by atoms with van der Waals surface area (Å²) in [7, 11) is 5.01. The van der Waals surface area contributed by atoms with Gasteiger partial charge in [0.25, 0.3) is 5.56 Å². The van der Waals surface area contributed by atoms with Crippen molar-refractivity contribution in [3.63, 3.8) is 0 Å². The van der Waals surface area contributed by atoms with Crippen LogP contribution in [0.2, 0.25) is 5.02 Å². The first kappa shape index (κ1) is 21.9. The van der Waals surface area contributed by atoms with Crippen molar-refractivity contribution in [2.75, 3.05) is 43.0 Å². The minimum absolute atomic E-state index is 0.265. The fourth-order valence-electron chi connectivity index (χ4n) is 4.90. The molecule has 1 aliphatic heterocycles. The Morgan fingerprint density at radius 3 is 2.35 bits per heavy atom. The van der Waals surface area contributed by atoms with Gasteiger partial charge in [0.15, 0.2) is 0 Å². The third-order valence-electron chi connectivity index (χ3n) is 6.86. The molecule has 1 aliphatic carbocycles. The van der Waals surface area contributed by atoms with Crippen LogP contribution in [0.25, 0.3) is 0 Å². The lowest BCUT2D eigenvalue weighted by atomic mass is 9.89. The zero-order valence-electron chi connectivity index (χ0n) is 18.5. The lowest BCUT2D eigenvalue weighted by Crippen LogP contribution is -2.52. The summed E-state index contributed by atoms with van der Waals surface area (Å²) in [5.74, 6) is 0.350. The summed E-state index contributed by atoms with van der Waals surface area (Å²) in [5, 5.41) is 5.01. The van der Waals surface area contributed by atoms with Crippen LogP contribution in [0.5, 0.6) is 0 Å². The van der Waals surface area contributed by atoms with Crippen molar-refractivity contribution in [3.05, 3.63) is 50.1 Å². The summed E-state index contributed by atoms with van der Waals surface area (Å²) < 4.78 is 2.36. The molecule has 1 aromatic carbocycles. The molecule has 9 heteroatoms. The van der Waals surface area contributed by atoms with E-state index in [4.69, 9.17) is 11.6 Å². The Labute approximate surface area is 187 Å². The normalized spacial score (nSPS) is 22.5. The molecule has 0 radical (unpaired) electrons. The molecule has 0 unspecified atom stereocenters. The Morgan fingerprint density at radius 1 is 1.03 bits per heavy atom. The van der Waals surface area contributed by atoms with Crippen molar-refractivity contribution < 1.29 is 0 Å². The van der Waals surface area contributed by atoms with Crippen molar-refractivity contribution in [2.45, 2.75) is 37.8 Å². The van der Waals surface area contributed by atoms with Crippen molar-refractivity contribution >= 4 is 23.1 Å². The fourth-order valence-corrected chi connectivity index (χ4v) is 5.09. The van der Waals surface area contributed by atoms with Crippen molar-refractivity contribution in [1.29, 1.82) is 0 Å². The number of piperazine rings is 1. The van der Waals surface area contributed by atoms with Crippen LogP contribution in [0, 0.1) is 0 Å². The Kier molecular flexibility index (Phi) is 6.39. The quantitative estimate of drug-likeness (QED) is 0.712. The van der Waals surface area contributed by atoms with E-state index in [0.717, 1.165) is 61.5 Å². The summed E-state index contributed by atoms with van der Waals surface area (Å²) in [5.41, 5.74) is 0.469. The predicted molar refractivity (Wildman–Crippen MR) is 124 cm³/mol. The second kappa shape index (κ2) is 9.04. The van der Waals surface area contributed by atoms with Crippen LogP contribution in [0.4, 0.5) is 11.5 Å². The first-order valence-corrected chi connectivity index (χ1v) is 11.3. The number of halogens is 1. The Hall–Kier alpha value is -2.32. The zero-order chi connectivity index (χ0) is 22.1. The minimum atomic E-state index is -0.400. The monoisotopic (exact) mass is 446 g/mol. The number of aromatic nitrogens is 3. The van der Waals surface area contributed by atoms with Crippen LogP contribution in [-0.4, -0.2) is 64.6 Å². The lowest BCUT2D eigenvalue weighted by Gasteiger charge is -2.43. The van der Waals surface area contributed by atoms with Crippen LogP contribution in [0.15, 0.2) is 33.9 Å². The van der Waals surface area contributed by atoms with Gasteiger partial charge in [-0.05, 0) is 43.9 Å². The fraction of sp³-hybridized carbons (Fsp3) is 0.591. The van der Waals surface area contributed by atoms with Crippen LogP contribution >= 0.6 is 11.6 Å². The second-order valence-electron chi connectivity index (χ2n) is 8.67. The van der Waals surface area contributed by atoms with Crippen LogP contribution in [-0.2, 0) is 14.1 Å². The molecule has 0 atom stereocenters. The van der Waals surface area contributed by atoms with Crippen LogP contribution in [0.3, 0.4) is 0 Å². The molecule has 168 valence electrons. The largest absolute Gasteiger partial charge is 0.369 e. The van der Waals surface area contributed by atoms with Crippen molar-refractivity contribution in [2.24, 2.45) is 14.1 Å². The van der Waals surface area contributed by atoms with E-state index < -0.39 is 5.69 Å². The third-order valence-corrected chi connectivity index (χ3v) is 7.09. The molecule has 2 fully saturated rings. The number of aryl methyl sites for hydroxylation is 1. The number of rotatable bonds is 4. The van der Waals surface area contributed by atoms with Gasteiger partial charge in [0.1, 0.15) is 0 Å². The van der Waals surface area contributed by atoms with Gasteiger partial charge in [0.05, 0.1) is 0 Å². The maximum Gasteiger partial charge on any atom is 0.346 e. The topological polar surface area (TPSA) is 66.6 Å². The summed E-state index contributed by atoms with van der Waals surface area (Å²) >= 11 is 6.15. The molecule has 2 heterocycles. The summed E-state index contributed by atoms with van der Waals surface area (Å²) in [6, 6.07) is 8.94. The van der Waals surface area contributed by atoms with Gasteiger partial charge in [0.2, 0.25) is 5.82 Å². The summed E-state index contributed by atoms with van der Waals surface area (Å²) in [6.45, 7) is 4.14. The first-order chi connectivity index (χ1) is 14.8. The molecule has 0 bridgehead atoms. The van der Waals surface area contributed by atoms with Gasteiger partial charge >= 0.3 is 5.69 Å². The highest BCUT2D eigenvalue weighted by molar-refractivity contribution is 6.30. The molecule has 0 amide bonds. The number of benzene rings is 1. The smallest absolute Gasteiger partial charge is 0.346 e. The molecule has 31 heavy (non-hydrogen) atoms.